The largest absolute Gasteiger partial charge is 0.507 e. The van der Waals surface area contributed by atoms with Crippen LogP contribution in [0.25, 0.3) is 22.0 Å². The molecule has 0 radical (unpaired) electrons. The molecule has 222 valence electrons. The van der Waals surface area contributed by atoms with Crippen LogP contribution in [0.1, 0.15) is 42.9 Å². The molecule has 1 aromatic heterocycles. The lowest BCUT2D eigenvalue weighted by Gasteiger charge is -2.29. The summed E-state index contributed by atoms with van der Waals surface area (Å²) >= 11 is 0. The first-order chi connectivity index (χ1) is 20.1. The van der Waals surface area contributed by atoms with Gasteiger partial charge in [-0.3, -0.25) is 14.7 Å². The first kappa shape index (κ1) is 30.6. The molecule has 0 aliphatic heterocycles. The van der Waals surface area contributed by atoms with Gasteiger partial charge < -0.3 is 21.9 Å². The lowest BCUT2D eigenvalue weighted by atomic mass is 9.81. The number of hydrogen-bond donors (Lipinski definition) is 5. The van der Waals surface area contributed by atoms with Crippen molar-refractivity contribution in [2.24, 2.45) is 17.6 Å². The molecule has 1 amide bonds. The van der Waals surface area contributed by atoms with Crippen molar-refractivity contribution < 1.29 is 27.9 Å². The number of nitrogens with one attached hydrogen (secondary N) is 2. The van der Waals surface area contributed by atoms with E-state index in [1.807, 2.05) is 48.5 Å². The number of halogens is 3. The molecule has 1 saturated carbocycles. The number of phenols is 1. The molecular formula is C31H34F3N5O3. The van der Waals surface area contributed by atoms with Crippen molar-refractivity contribution in [2.45, 2.75) is 44.3 Å². The van der Waals surface area contributed by atoms with E-state index >= 15 is 0 Å². The van der Waals surface area contributed by atoms with Crippen molar-refractivity contribution in [3.63, 3.8) is 0 Å². The van der Waals surface area contributed by atoms with Crippen molar-refractivity contribution in [3.05, 3.63) is 77.9 Å². The molecule has 1 aliphatic carbocycles. The molecule has 1 fully saturated rings. The number of hydrogen-bond acceptors (Lipinski definition) is 6. The second-order valence-electron chi connectivity index (χ2n) is 10.5. The molecule has 0 spiro atoms. The molecule has 11 heteroatoms. The Balaban J connectivity index is 0.000000612. The number of H-pyrrole nitrogens is 1. The number of phenolic OH excluding ortho intramolecular Hbond substituents is 1. The van der Waals surface area contributed by atoms with Crippen LogP contribution in [0, 0.1) is 11.8 Å². The van der Waals surface area contributed by atoms with E-state index in [-0.39, 0.29) is 23.6 Å². The maximum atomic E-state index is 13.3. The maximum Gasteiger partial charge on any atom is 0.446 e. The Morgan fingerprint density at radius 2 is 1.76 bits per heavy atom. The number of benzene rings is 3. The summed E-state index contributed by atoms with van der Waals surface area (Å²) in [6, 6.07) is 21.2. The van der Waals surface area contributed by atoms with E-state index in [4.69, 9.17) is 16.3 Å². The first-order valence-corrected chi connectivity index (χ1v) is 13.7. The third-order valence-corrected chi connectivity index (χ3v) is 7.61. The summed E-state index contributed by atoms with van der Waals surface area (Å²) in [6.45, 7) is 0.693. The van der Waals surface area contributed by atoms with Gasteiger partial charge in [-0.2, -0.15) is 18.3 Å². The smallest absolute Gasteiger partial charge is 0.446 e. The minimum Gasteiger partial charge on any atom is -0.507 e. The molecule has 5 rings (SSSR count). The van der Waals surface area contributed by atoms with Crippen LogP contribution >= 0.6 is 0 Å². The van der Waals surface area contributed by atoms with Gasteiger partial charge in [0.2, 0.25) is 12.2 Å². The number of aromatic amines is 1. The fraction of sp³-hybridized carbons (Fsp3) is 0.323. The Morgan fingerprint density at radius 1 is 1.07 bits per heavy atom. The van der Waals surface area contributed by atoms with E-state index in [0.717, 1.165) is 53.3 Å². The standard InChI is InChI=1S/C29H33N5O2.C2HF3O/c30-17-19-6-8-20(9-7-19)29(36)32-25(14-18-4-2-1-3-5-18)22-11-13-27(35)24(15-22)21-10-12-23-26(16-21)33-34-28(23)31;3-2(4,5)1-6/h1-5,10-13,15-16,19-20,25,35H,6-9,14,17,30H2,(H,32,36)(H3,31,33,34);1H. The van der Waals surface area contributed by atoms with Gasteiger partial charge in [0.25, 0.3) is 0 Å². The molecule has 4 aromatic rings. The summed E-state index contributed by atoms with van der Waals surface area (Å²) in [7, 11) is 0. The third-order valence-electron chi connectivity index (χ3n) is 7.61. The number of carbonyl (C=O) groups excluding carboxylic acids is 2. The number of aromatic hydroxyl groups is 1. The van der Waals surface area contributed by atoms with Crippen LogP contribution < -0.4 is 16.8 Å². The van der Waals surface area contributed by atoms with E-state index in [1.165, 1.54) is 0 Å². The van der Waals surface area contributed by atoms with Crippen molar-refractivity contribution >= 4 is 28.9 Å². The number of anilines is 1. The normalized spacial score (nSPS) is 17.6. The van der Waals surface area contributed by atoms with Crippen molar-refractivity contribution in [2.75, 3.05) is 12.3 Å². The van der Waals surface area contributed by atoms with Crippen molar-refractivity contribution in [1.82, 2.24) is 15.5 Å². The number of fused-ring (bicyclic) bond motifs is 1. The van der Waals surface area contributed by atoms with Crippen LogP contribution in [0.4, 0.5) is 19.0 Å². The van der Waals surface area contributed by atoms with Crippen LogP contribution in [0.5, 0.6) is 5.75 Å². The van der Waals surface area contributed by atoms with E-state index in [9.17, 15) is 23.1 Å². The second-order valence-corrected chi connectivity index (χ2v) is 10.5. The number of aldehydes is 1. The summed E-state index contributed by atoms with van der Waals surface area (Å²) in [4.78, 5) is 22.0. The highest BCUT2D eigenvalue weighted by molar-refractivity contribution is 5.92. The van der Waals surface area contributed by atoms with Crippen molar-refractivity contribution in [3.8, 4) is 16.9 Å². The fourth-order valence-corrected chi connectivity index (χ4v) is 5.26. The van der Waals surface area contributed by atoms with Gasteiger partial charge >= 0.3 is 6.18 Å². The van der Waals surface area contributed by atoms with E-state index in [0.29, 0.717) is 30.3 Å². The number of nitrogen functional groups attached to an aromatic ring is 1. The Morgan fingerprint density at radius 3 is 2.40 bits per heavy atom. The van der Waals surface area contributed by atoms with Gasteiger partial charge in [-0.15, -0.1) is 0 Å². The minimum atomic E-state index is -4.64. The van der Waals surface area contributed by atoms with Gasteiger partial charge in [-0.25, -0.2) is 0 Å². The van der Waals surface area contributed by atoms with E-state index in [2.05, 4.69) is 27.6 Å². The highest BCUT2D eigenvalue weighted by atomic mass is 19.4. The zero-order valence-electron chi connectivity index (χ0n) is 22.9. The molecule has 3 aromatic carbocycles. The predicted octanol–water partition coefficient (Wildman–Crippen LogP) is 5.43. The summed E-state index contributed by atoms with van der Waals surface area (Å²) in [5.41, 5.74) is 16.2. The van der Waals surface area contributed by atoms with E-state index in [1.54, 1.807) is 6.07 Å². The summed E-state index contributed by atoms with van der Waals surface area (Å²) < 4.78 is 31.2. The Hall–Kier alpha value is -4.38. The summed E-state index contributed by atoms with van der Waals surface area (Å²) in [6.07, 6.45) is -1.29. The average molecular weight is 582 g/mol. The fourth-order valence-electron chi connectivity index (χ4n) is 5.26. The zero-order valence-corrected chi connectivity index (χ0v) is 22.9. The van der Waals surface area contributed by atoms with Gasteiger partial charge in [-0.1, -0.05) is 42.5 Å². The number of nitrogens with two attached hydrogens (primary N) is 2. The first-order valence-electron chi connectivity index (χ1n) is 13.7. The Bertz CT molecular complexity index is 1500. The molecule has 7 N–H and O–H groups in total. The molecule has 1 unspecified atom stereocenters. The molecule has 42 heavy (non-hydrogen) atoms. The minimum absolute atomic E-state index is 0.0101. The van der Waals surface area contributed by atoms with Gasteiger partial charge in [0.1, 0.15) is 5.75 Å². The molecule has 1 heterocycles. The molecular weight excluding hydrogens is 547 g/mol. The Kier molecular flexibility index (Phi) is 9.84. The predicted molar refractivity (Wildman–Crippen MR) is 155 cm³/mol. The summed E-state index contributed by atoms with van der Waals surface area (Å²) in [5, 5.41) is 21.9. The number of alkyl halides is 3. The molecule has 1 aliphatic rings. The van der Waals surface area contributed by atoms with Gasteiger partial charge in [0, 0.05) is 16.9 Å². The van der Waals surface area contributed by atoms with Gasteiger partial charge in [-0.05, 0) is 85.5 Å². The van der Waals surface area contributed by atoms with Crippen LogP contribution in [-0.4, -0.2) is 40.2 Å². The van der Waals surface area contributed by atoms with Crippen molar-refractivity contribution in [1.29, 1.82) is 0 Å². The number of aromatic nitrogens is 2. The second kappa shape index (κ2) is 13.5. The third kappa shape index (κ3) is 7.88. The van der Waals surface area contributed by atoms with Gasteiger partial charge in [0.05, 0.1) is 11.6 Å². The number of amides is 1. The lowest BCUT2D eigenvalue weighted by molar-refractivity contribution is -0.156. The molecule has 0 bridgehead atoms. The number of nitrogens with zero attached hydrogens (tertiary/aromatic N) is 1. The highest BCUT2D eigenvalue weighted by Crippen LogP contribution is 2.35. The molecule has 1 atom stereocenters. The lowest BCUT2D eigenvalue weighted by Crippen LogP contribution is -2.37. The monoisotopic (exact) mass is 581 g/mol. The zero-order chi connectivity index (χ0) is 30.3. The van der Waals surface area contributed by atoms with Crippen LogP contribution in [0.2, 0.25) is 0 Å². The topological polar surface area (TPSA) is 147 Å². The molecule has 8 nitrogen and oxygen atoms in total. The van der Waals surface area contributed by atoms with Crippen LogP contribution in [0.15, 0.2) is 66.7 Å². The van der Waals surface area contributed by atoms with Gasteiger partial charge in [0.15, 0.2) is 5.82 Å². The van der Waals surface area contributed by atoms with E-state index < -0.39 is 12.5 Å². The maximum absolute atomic E-state index is 13.3. The van der Waals surface area contributed by atoms with Crippen LogP contribution in [-0.2, 0) is 16.0 Å². The molecule has 0 saturated heterocycles. The summed E-state index contributed by atoms with van der Waals surface area (Å²) in [5.74, 6) is 1.25. The SMILES string of the molecule is NCC1CCC(C(=O)NC(Cc2ccccc2)c2ccc(O)c(-c3ccc4c(N)n[nH]c4c3)c2)CC1.O=CC(F)(F)F. The highest BCUT2D eigenvalue weighted by Gasteiger charge is 2.28. The van der Waals surface area contributed by atoms with Crippen LogP contribution in [0.3, 0.4) is 0 Å². The quantitative estimate of drug-likeness (QED) is 0.184. The average Bonchev–Trinajstić information content (AvgIpc) is 3.37. The Labute approximate surface area is 241 Å². The number of carbonyl (C=O) groups is 2. The number of rotatable bonds is 7.